The van der Waals surface area contributed by atoms with E-state index in [0.29, 0.717) is 17.1 Å². The molecule has 1 aromatic heterocycles. The number of nitrogens with one attached hydrogen (secondary N) is 1. The van der Waals surface area contributed by atoms with Crippen molar-refractivity contribution in [1.82, 2.24) is 4.98 Å². The van der Waals surface area contributed by atoms with Crippen LogP contribution in [-0.2, 0) is 0 Å². The molecule has 0 saturated carbocycles. The van der Waals surface area contributed by atoms with Gasteiger partial charge in [0.1, 0.15) is 11.3 Å². The predicted octanol–water partition coefficient (Wildman–Crippen LogP) is 2.84. The molecule has 0 atom stereocenters. The summed E-state index contributed by atoms with van der Waals surface area (Å²) >= 11 is 0. The summed E-state index contributed by atoms with van der Waals surface area (Å²) in [6, 6.07) is 9.01. The Bertz CT molecular complexity index is 611. The predicted molar refractivity (Wildman–Crippen MR) is 72.2 cm³/mol. The summed E-state index contributed by atoms with van der Waals surface area (Å²) in [7, 11) is 1.57. The molecule has 0 bridgehead atoms. The van der Waals surface area contributed by atoms with Crippen molar-refractivity contribution in [2.24, 2.45) is 0 Å². The zero-order valence-corrected chi connectivity index (χ0v) is 10.7. The van der Waals surface area contributed by atoms with Crippen molar-refractivity contribution < 1.29 is 14.6 Å². The van der Waals surface area contributed by atoms with Crippen molar-refractivity contribution in [2.45, 2.75) is 6.92 Å². The number of nitrogens with zero attached hydrogens (tertiary/aromatic N) is 1. The van der Waals surface area contributed by atoms with Crippen molar-refractivity contribution in [1.29, 1.82) is 0 Å². The number of aryl methyl sites for hydroxylation is 1. The second-order valence-corrected chi connectivity index (χ2v) is 4.00. The number of carbonyl (C=O) groups is 1. The molecule has 98 valence electrons. The van der Waals surface area contributed by atoms with Gasteiger partial charge in [-0.1, -0.05) is 12.1 Å². The highest BCUT2D eigenvalue weighted by molar-refractivity contribution is 5.95. The van der Waals surface area contributed by atoms with Crippen LogP contribution in [0, 0.1) is 6.92 Å². The van der Waals surface area contributed by atoms with Crippen LogP contribution in [0.2, 0.25) is 0 Å². The summed E-state index contributed by atoms with van der Waals surface area (Å²) in [5.41, 5.74) is 2.06. The molecule has 19 heavy (non-hydrogen) atoms. The van der Waals surface area contributed by atoms with Gasteiger partial charge in [-0.2, -0.15) is 0 Å². The van der Waals surface area contributed by atoms with E-state index < -0.39 is 5.97 Å². The van der Waals surface area contributed by atoms with Crippen LogP contribution in [0.4, 0.5) is 11.4 Å². The number of aromatic nitrogens is 1. The molecular formula is C14H14N2O3. The normalized spacial score (nSPS) is 10.0. The number of pyridine rings is 1. The van der Waals surface area contributed by atoms with Crippen molar-refractivity contribution in [3.8, 4) is 5.75 Å². The smallest absolute Gasteiger partial charge is 0.339 e. The first-order chi connectivity index (χ1) is 9.11. The third kappa shape index (κ3) is 2.82. The van der Waals surface area contributed by atoms with E-state index in [1.54, 1.807) is 26.2 Å². The number of hydrogen-bond acceptors (Lipinski definition) is 4. The Morgan fingerprint density at radius 3 is 2.74 bits per heavy atom. The monoisotopic (exact) mass is 258 g/mol. The highest BCUT2D eigenvalue weighted by Crippen LogP contribution is 2.28. The van der Waals surface area contributed by atoms with Crippen molar-refractivity contribution >= 4 is 17.3 Å². The molecule has 0 aliphatic rings. The Balaban J connectivity index is 2.42. The largest absolute Gasteiger partial charge is 0.495 e. The molecule has 1 heterocycles. The summed E-state index contributed by atoms with van der Waals surface area (Å²) < 4.78 is 5.22. The first-order valence-corrected chi connectivity index (χ1v) is 5.72. The average molecular weight is 258 g/mol. The number of hydrogen-bond donors (Lipinski definition) is 2. The van der Waals surface area contributed by atoms with E-state index in [4.69, 9.17) is 9.84 Å². The number of benzene rings is 1. The van der Waals surface area contributed by atoms with Gasteiger partial charge in [0, 0.05) is 11.9 Å². The van der Waals surface area contributed by atoms with Gasteiger partial charge in [0.2, 0.25) is 0 Å². The molecule has 0 unspecified atom stereocenters. The maximum atomic E-state index is 11.2. The van der Waals surface area contributed by atoms with Gasteiger partial charge in [-0.15, -0.1) is 0 Å². The van der Waals surface area contributed by atoms with Crippen LogP contribution in [0.25, 0.3) is 0 Å². The van der Waals surface area contributed by atoms with Gasteiger partial charge in [-0.3, -0.25) is 4.98 Å². The minimum atomic E-state index is -1.02. The average Bonchev–Trinajstić information content (AvgIpc) is 2.39. The van der Waals surface area contributed by atoms with E-state index in [2.05, 4.69) is 10.3 Å². The van der Waals surface area contributed by atoms with Crippen LogP contribution < -0.4 is 10.1 Å². The Labute approximate surface area is 110 Å². The third-order valence-corrected chi connectivity index (χ3v) is 2.65. The van der Waals surface area contributed by atoms with Crippen LogP contribution in [0.1, 0.15) is 16.1 Å². The lowest BCUT2D eigenvalue weighted by atomic mass is 10.2. The fourth-order valence-electron chi connectivity index (χ4n) is 1.73. The number of rotatable bonds is 4. The van der Waals surface area contributed by atoms with E-state index in [1.807, 2.05) is 18.2 Å². The van der Waals surface area contributed by atoms with Crippen LogP contribution in [0.5, 0.6) is 5.75 Å². The van der Waals surface area contributed by atoms with E-state index in [0.717, 1.165) is 5.69 Å². The fraction of sp³-hybridized carbons (Fsp3) is 0.143. The lowest BCUT2D eigenvalue weighted by Crippen LogP contribution is -2.05. The molecule has 2 aromatic rings. The number of para-hydroxylation sites is 2. The number of carboxylic acids is 1. The molecule has 5 heteroatoms. The Morgan fingerprint density at radius 2 is 2.05 bits per heavy atom. The van der Waals surface area contributed by atoms with E-state index in [9.17, 15) is 4.79 Å². The molecule has 0 aliphatic heterocycles. The minimum absolute atomic E-state index is 0.122. The zero-order valence-electron chi connectivity index (χ0n) is 10.7. The van der Waals surface area contributed by atoms with Crippen molar-refractivity contribution in [3.05, 3.63) is 47.8 Å². The minimum Gasteiger partial charge on any atom is -0.495 e. The van der Waals surface area contributed by atoms with Gasteiger partial charge in [0.25, 0.3) is 0 Å². The Kier molecular flexibility index (Phi) is 3.66. The van der Waals surface area contributed by atoms with Crippen molar-refractivity contribution in [3.63, 3.8) is 0 Å². The molecule has 2 N–H and O–H groups in total. The highest BCUT2D eigenvalue weighted by Gasteiger charge is 2.12. The van der Waals surface area contributed by atoms with Crippen LogP contribution in [0.15, 0.2) is 36.5 Å². The summed E-state index contributed by atoms with van der Waals surface area (Å²) in [5, 5.41) is 12.2. The van der Waals surface area contributed by atoms with Crippen LogP contribution in [0.3, 0.4) is 0 Å². The number of ether oxygens (including phenoxy) is 1. The molecule has 0 spiro atoms. The second kappa shape index (κ2) is 5.39. The van der Waals surface area contributed by atoms with Crippen LogP contribution >= 0.6 is 0 Å². The quantitative estimate of drug-likeness (QED) is 0.882. The molecule has 5 nitrogen and oxygen atoms in total. The molecular weight excluding hydrogens is 244 g/mol. The Hall–Kier alpha value is -2.56. The van der Waals surface area contributed by atoms with Gasteiger partial charge >= 0.3 is 5.97 Å². The van der Waals surface area contributed by atoms with E-state index >= 15 is 0 Å². The maximum Gasteiger partial charge on any atom is 0.339 e. The molecule has 0 fully saturated rings. The van der Waals surface area contributed by atoms with E-state index in [-0.39, 0.29) is 5.56 Å². The number of anilines is 2. The molecule has 0 aliphatic carbocycles. The van der Waals surface area contributed by atoms with Gasteiger partial charge in [-0.25, -0.2) is 4.79 Å². The summed E-state index contributed by atoms with van der Waals surface area (Å²) in [6.07, 6.45) is 1.34. The second-order valence-electron chi connectivity index (χ2n) is 4.00. The van der Waals surface area contributed by atoms with Crippen LogP contribution in [-0.4, -0.2) is 23.2 Å². The van der Waals surface area contributed by atoms with Gasteiger partial charge in [0.05, 0.1) is 18.5 Å². The summed E-state index contributed by atoms with van der Waals surface area (Å²) in [4.78, 5) is 15.2. The molecule has 2 rings (SSSR count). The lowest BCUT2D eigenvalue weighted by Gasteiger charge is -2.13. The fourth-order valence-corrected chi connectivity index (χ4v) is 1.73. The highest BCUT2D eigenvalue weighted by atomic mass is 16.5. The topological polar surface area (TPSA) is 71.5 Å². The van der Waals surface area contributed by atoms with E-state index in [1.165, 1.54) is 6.20 Å². The summed E-state index contributed by atoms with van der Waals surface area (Å²) in [5.74, 6) is -0.377. The molecule has 0 saturated heterocycles. The van der Waals surface area contributed by atoms with Gasteiger partial charge in [0.15, 0.2) is 0 Å². The first-order valence-electron chi connectivity index (χ1n) is 5.72. The standard InChI is InChI=1S/C14H14N2O3/c1-9-7-12(10(8-15-9)14(17)18)16-11-5-3-4-6-13(11)19-2/h3-8H,1-2H3,(H,15,16)(H,17,18). The SMILES string of the molecule is COc1ccccc1Nc1cc(C)ncc1C(=O)O. The zero-order chi connectivity index (χ0) is 13.8. The number of carboxylic acid groups (broad SMARTS) is 1. The number of aromatic carboxylic acids is 1. The molecule has 0 radical (unpaired) electrons. The maximum absolute atomic E-state index is 11.2. The Morgan fingerprint density at radius 1 is 1.32 bits per heavy atom. The van der Waals surface area contributed by atoms with Gasteiger partial charge in [-0.05, 0) is 25.1 Å². The summed E-state index contributed by atoms with van der Waals surface area (Å²) in [6.45, 7) is 1.80. The molecule has 0 amide bonds. The van der Waals surface area contributed by atoms with Gasteiger partial charge < -0.3 is 15.2 Å². The number of methoxy groups -OCH3 is 1. The third-order valence-electron chi connectivity index (χ3n) is 2.65. The first kappa shape index (κ1) is 12.9. The van der Waals surface area contributed by atoms with Crippen molar-refractivity contribution in [2.75, 3.05) is 12.4 Å². The molecule has 1 aromatic carbocycles. The lowest BCUT2D eigenvalue weighted by molar-refractivity contribution is 0.0697.